The summed E-state index contributed by atoms with van der Waals surface area (Å²) in [6, 6.07) is 9.19. The maximum atomic E-state index is 10.7. The molecule has 1 heterocycles. The van der Waals surface area contributed by atoms with E-state index in [9.17, 15) is 5.11 Å². The SMILES string of the molecule is CN(CC1(O)CCOCC1)c1ccccc1CNC1CC1. The average molecular weight is 290 g/mol. The minimum absolute atomic E-state index is 0.621. The summed E-state index contributed by atoms with van der Waals surface area (Å²) in [5.74, 6) is 0. The smallest absolute Gasteiger partial charge is 0.0865 e. The van der Waals surface area contributed by atoms with Crippen LogP contribution in [0.25, 0.3) is 0 Å². The van der Waals surface area contributed by atoms with Gasteiger partial charge in [-0.3, -0.25) is 0 Å². The number of ether oxygens (including phenoxy) is 1. The van der Waals surface area contributed by atoms with Crippen LogP contribution in [-0.2, 0) is 11.3 Å². The summed E-state index contributed by atoms with van der Waals surface area (Å²) in [6.07, 6.45) is 4.05. The molecule has 3 rings (SSSR count). The average Bonchev–Trinajstić information content (AvgIpc) is 3.30. The zero-order chi connectivity index (χ0) is 14.7. The van der Waals surface area contributed by atoms with Crippen molar-refractivity contribution in [2.24, 2.45) is 0 Å². The van der Waals surface area contributed by atoms with Crippen molar-refractivity contribution in [2.75, 3.05) is 31.7 Å². The lowest BCUT2D eigenvalue weighted by molar-refractivity contribution is -0.0572. The lowest BCUT2D eigenvalue weighted by Crippen LogP contribution is -2.46. The molecule has 0 unspecified atom stereocenters. The third kappa shape index (κ3) is 3.96. The van der Waals surface area contributed by atoms with Gasteiger partial charge in [-0.1, -0.05) is 18.2 Å². The first-order chi connectivity index (χ1) is 10.2. The molecule has 2 N–H and O–H groups in total. The summed E-state index contributed by atoms with van der Waals surface area (Å²) in [6.45, 7) is 2.90. The van der Waals surface area contributed by atoms with Gasteiger partial charge in [-0.05, 0) is 24.5 Å². The largest absolute Gasteiger partial charge is 0.388 e. The van der Waals surface area contributed by atoms with Crippen LogP contribution in [0.1, 0.15) is 31.2 Å². The van der Waals surface area contributed by atoms with Crippen LogP contribution >= 0.6 is 0 Å². The molecule has 0 amide bonds. The third-order valence-corrected chi connectivity index (χ3v) is 4.52. The lowest BCUT2D eigenvalue weighted by Gasteiger charge is -2.36. The van der Waals surface area contributed by atoms with Crippen LogP contribution in [-0.4, -0.2) is 43.6 Å². The molecule has 0 aromatic heterocycles. The number of aliphatic hydroxyl groups is 1. The van der Waals surface area contributed by atoms with E-state index in [4.69, 9.17) is 4.74 Å². The number of para-hydroxylation sites is 1. The Kier molecular flexibility index (Phi) is 4.48. The molecule has 1 saturated carbocycles. The van der Waals surface area contributed by atoms with Crippen LogP contribution in [0.15, 0.2) is 24.3 Å². The molecule has 1 aliphatic heterocycles. The highest BCUT2D eigenvalue weighted by atomic mass is 16.5. The zero-order valence-electron chi connectivity index (χ0n) is 12.8. The number of nitrogens with zero attached hydrogens (tertiary/aromatic N) is 1. The lowest BCUT2D eigenvalue weighted by atomic mass is 9.93. The van der Waals surface area contributed by atoms with Crippen LogP contribution in [0.4, 0.5) is 5.69 Å². The van der Waals surface area contributed by atoms with Crippen LogP contribution in [0, 0.1) is 0 Å². The van der Waals surface area contributed by atoms with Gasteiger partial charge in [0.25, 0.3) is 0 Å². The molecule has 0 bridgehead atoms. The summed E-state index contributed by atoms with van der Waals surface area (Å²) in [7, 11) is 2.07. The minimum Gasteiger partial charge on any atom is -0.388 e. The number of hydrogen-bond acceptors (Lipinski definition) is 4. The van der Waals surface area contributed by atoms with E-state index in [1.165, 1.54) is 24.1 Å². The molecule has 2 aliphatic rings. The first-order valence-corrected chi connectivity index (χ1v) is 7.99. The molecule has 4 nitrogen and oxygen atoms in total. The normalized spacial score (nSPS) is 21.2. The molecule has 1 saturated heterocycles. The van der Waals surface area contributed by atoms with Gasteiger partial charge in [0.15, 0.2) is 0 Å². The van der Waals surface area contributed by atoms with E-state index in [2.05, 4.69) is 41.5 Å². The van der Waals surface area contributed by atoms with Gasteiger partial charge in [-0.2, -0.15) is 0 Å². The van der Waals surface area contributed by atoms with Crippen molar-refractivity contribution in [1.29, 1.82) is 0 Å². The van der Waals surface area contributed by atoms with Crippen molar-refractivity contribution in [1.82, 2.24) is 5.32 Å². The van der Waals surface area contributed by atoms with Gasteiger partial charge in [0.05, 0.1) is 5.60 Å². The van der Waals surface area contributed by atoms with Crippen molar-refractivity contribution >= 4 is 5.69 Å². The highest BCUT2D eigenvalue weighted by Gasteiger charge is 2.31. The first kappa shape index (κ1) is 14.8. The third-order valence-electron chi connectivity index (χ3n) is 4.52. The van der Waals surface area contributed by atoms with E-state index in [0.717, 1.165) is 19.4 Å². The van der Waals surface area contributed by atoms with E-state index in [-0.39, 0.29) is 0 Å². The van der Waals surface area contributed by atoms with Gasteiger partial charge in [-0.15, -0.1) is 0 Å². The molecule has 21 heavy (non-hydrogen) atoms. The van der Waals surface area contributed by atoms with Gasteiger partial charge in [0, 0.05) is 57.9 Å². The fourth-order valence-electron chi connectivity index (χ4n) is 3.01. The van der Waals surface area contributed by atoms with Gasteiger partial charge in [0.2, 0.25) is 0 Å². The number of hydrogen-bond donors (Lipinski definition) is 2. The van der Waals surface area contributed by atoms with Gasteiger partial charge in [-0.25, -0.2) is 0 Å². The molecule has 0 atom stereocenters. The topological polar surface area (TPSA) is 44.7 Å². The Morgan fingerprint density at radius 3 is 2.71 bits per heavy atom. The van der Waals surface area contributed by atoms with Gasteiger partial charge < -0.3 is 20.1 Å². The van der Waals surface area contributed by atoms with E-state index < -0.39 is 5.60 Å². The summed E-state index contributed by atoms with van der Waals surface area (Å²) in [5, 5.41) is 14.3. The first-order valence-electron chi connectivity index (χ1n) is 7.99. The Balaban J connectivity index is 1.66. The fraction of sp³-hybridized carbons (Fsp3) is 0.647. The molecule has 0 radical (unpaired) electrons. The monoisotopic (exact) mass is 290 g/mol. The highest BCUT2D eigenvalue weighted by molar-refractivity contribution is 5.53. The van der Waals surface area contributed by atoms with Crippen LogP contribution in [0.3, 0.4) is 0 Å². The predicted molar refractivity (Wildman–Crippen MR) is 84.6 cm³/mol. The second-order valence-electron chi connectivity index (χ2n) is 6.48. The number of benzene rings is 1. The highest BCUT2D eigenvalue weighted by Crippen LogP contribution is 2.27. The molecular weight excluding hydrogens is 264 g/mol. The predicted octanol–water partition coefficient (Wildman–Crippen LogP) is 1.92. The molecule has 4 heteroatoms. The van der Waals surface area contributed by atoms with E-state index in [1.54, 1.807) is 0 Å². The van der Waals surface area contributed by atoms with E-state index in [0.29, 0.717) is 25.8 Å². The zero-order valence-corrected chi connectivity index (χ0v) is 12.8. The Morgan fingerprint density at radius 2 is 2.00 bits per heavy atom. The minimum atomic E-state index is -0.621. The molecule has 1 aromatic carbocycles. The summed E-state index contributed by atoms with van der Waals surface area (Å²) in [5.41, 5.74) is 1.90. The Bertz CT molecular complexity index is 468. The Hall–Kier alpha value is -1.10. The van der Waals surface area contributed by atoms with E-state index in [1.807, 2.05) is 0 Å². The van der Waals surface area contributed by atoms with Crippen LogP contribution < -0.4 is 10.2 Å². The molecular formula is C17H26N2O2. The second kappa shape index (κ2) is 6.34. The summed E-state index contributed by atoms with van der Waals surface area (Å²) >= 11 is 0. The Morgan fingerprint density at radius 1 is 1.29 bits per heavy atom. The quantitative estimate of drug-likeness (QED) is 0.840. The molecule has 1 aromatic rings. The number of rotatable bonds is 6. The van der Waals surface area contributed by atoms with Crippen molar-refractivity contribution in [3.05, 3.63) is 29.8 Å². The van der Waals surface area contributed by atoms with Crippen molar-refractivity contribution < 1.29 is 9.84 Å². The Labute approximate surface area is 127 Å². The fourth-order valence-corrected chi connectivity index (χ4v) is 3.01. The number of anilines is 1. The summed E-state index contributed by atoms with van der Waals surface area (Å²) < 4.78 is 5.36. The standard InChI is InChI=1S/C17H26N2O2/c1-19(13-17(20)8-10-21-11-9-17)16-5-3-2-4-14(16)12-18-15-6-7-15/h2-5,15,18,20H,6-13H2,1H3. The van der Waals surface area contributed by atoms with Crippen molar-refractivity contribution in [2.45, 2.75) is 43.9 Å². The summed E-state index contributed by atoms with van der Waals surface area (Å²) in [4.78, 5) is 2.19. The van der Waals surface area contributed by atoms with Crippen LogP contribution in [0.5, 0.6) is 0 Å². The van der Waals surface area contributed by atoms with E-state index >= 15 is 0 Å². The van der Waals surface area contributed by atoms with Crippen molar-refractivity contribution in [3.8, 4) is 0 Å². The maximum Gasteiger partial charge on any atom is 0.0865 e. The number of nitrogens with one attached hydrogen (secondary N) is 1. The van der Waals surface area contributed by atoms with Gasteiger partial charge in [0.1, 0.15) is 0 Å². The number of likely N-dealkylation sites (N-methyl/N-ethyl adjacent to an activating group) is 1. The van der Waals surface area contributed by atoms with Crippen molar-refractivity contribution in [3.63, 3.8) is 0 Å². The maximum absolute atomic E-state index is 10.7. The van der Waals surface area contributed by atoms with Gasteiger partial charge >= 0.3 is 0 Å². The molecule has 116 valence electrons. The molecule has 0 spiro atoms. The van der Waals surface area contributed by atoms with Crippen LogP contribution in [0.2, 0.25) is 0 Å². The molecule has 1 aliphatic carbocycles. The second-order valence-corrected chi connectivity index (χ2v) is 6.48. The molecule has 2 fully saturated rings.